The SMILES string of the molecule is CCC1CCC(F)C1OC(F)(F)F. The molecule has 0 aliphatic heterocycles. The maximum absolute atomic E-state index is 12.9. The van der Waals surface area contributed by atoms with Crippen LogP contribution >= 0.6 is 0 Å². The molecule has 78 valence electrons. The van der Waals surface area contributed by atoms with Crippen LogP contribution in [0, 0.1) is 5.92 Å². The second kappa shape index (κ2) is 3.82. The fourth-order valence-corrected chi connectivity index (χ4v) is 1.76. The van der Waals surface area contributed by atoms with Crippen LogP contribution in [0.3, 0.4) is 0 Å². The molecular formula is C8H12F4O. The van der Waals surface area contributed by atoms with Crippen LogP contribution in [0.4, 0.5) is 17.6 Å². The Balaban J connectivity index is 2.54. The van der Waals surface area contributed by atoms with Crippen molar-refractivity contribution in [1.29, 1.82) is 0 Å². The predicted octanol–water partition coefficient (Wildman–Crippen LogP) is 3.05. The molecule has 1 aliphatic rings. The Labute approximate surface area is 74.1 Å². The van der Waals surface area contributed by atoms with Gasteiger partial charge >= 0.3 is 6.36 Å². The molecule has 1 rings (SSSR count). The van der Waals surface area contributed by atoms with Gasteiger partial charge in [0.1, 0.15) is 12.3 Å². The van der Waals surface area contributed by atoms with Crippen molar-refractivity contribution in [2.24, 2.45) is 5.92 Å². The van der Waals surface area contributed by atoms with E-state index >= 15 is 0 Å². The largest absolute Gasteiger partial charge is 0.522 e. The van der Waals surface area contributed by atoms with Crippen molar-refractivity contribution in [2.75, 3.05) is 0 Å². The number of halogens is 4. The molecule has 1 nitrogen and oxygen atoms in total. The van der Waals surface area contributed by atoms with Crippen molar-refractivity contribution in [3.63, 3.8) is 0 Å². The number of hydrogen-bond donors (Lipinski definition) is 0. The summed E-state index contributed by atoms with van der Waals surface area (Å²) in [5.74, 6) is -0.295. The number of hydrogen-bond acceptors (Lipinski definition) is 1. The minimum atomic E-state index is -4.72. The number of ether oxygens (including phenoxy) is 1. The summed E-state index contributed by atoms with van der Waals surface area (Å²) in [6.45, 7) is 1.75. The summed E-state index contributed by atoms with van der Waals surface area (Å²) in [4.78, 5) is 0. The van der Waals surface area contributed by atoms with Crippen molar-refractivity contribution < 1.29 is 22.3 Å². The smallest absolute Gasteiger partial charge is 0.285 e. The molecule has 5 heteroatoms. The van der Waals surface area contributed by atoms with Crippen LogP contribution in [-0.4, -0.2) is 18.6 Å². The highest BCUT2D eigenvalue weighted by atomic mass is 19.4. The molecule has 1 saturated carbocycles. The molecule has 0 N–H and O–H groups in total. The Hall–Kier alpha value is -0.320. The van der Waals surface area contributed by atoms with Crippen LogP contribution in [0.1, 0.15) is 26.2 Å². The quantitative estimate of drug-likeness (QED) is 0.622. The molecule has 0 aromatic rings. The topological polar surface area (TPSA) is 9.23 Å². The summed E-state index contributed by atoms with van der Waals surface area (Å²) in [7, 11) is 0. The first-order chi connectivity index (χ1) is 5.94. The van der Waals surface area contributed by atoms with E-state index in [-0.39, 0.29) is 12.3 Å². The van der Waals surface area contributed by atoms with Crippen molar-refractivity contribution >= 4 is 0 Å². The van der Waals surface area contributed by atoms with Gasteiger partial charge in [0.2, 0.25) is 0 Å². The van der Waals surface area contributed by atoms with Gasteiger partial charge in [0, 0.05) is 0 Å². The second-order valence-corrected chi connectivity index (χ2v) is 3.29. The molecule has 0 bridgehead atoms. The second-order valence-electron chi connectivity index (χ2n) is 3.29. The zero-order valence-electron chi connectivity index (χ0n) is 7.27. The van der Waals surface area contributed by atoms with Gasteiger partial charge in [-0.3, -0.25) is 4.74 Å². The van der Waals surface area contributed by atoms with E-state index < -0.39 is 18.6 Å². The lowest BCUT2D eigenvalue weighted by atomic mass is 10.0. The van der Waals surface area contributed by atoms with Crippen LogP contribution in [0.15, 0.2) is 0 Å². The first-order valence-corrected chi connectivity index (χ1v) is 4.32. The molecule has 0 spiro atoms. The van der Waals surface area contributed by atoms with Gasteiger partial charge in [-0.25, -0.2) is 4.39 Å². The van der Waals surface area contributed by atoms with Crippen LogP contribution in [0.2, 0.25) is 0 Å². The van der Waals surface area contributed by atoms with Crippen LogP contribution in [0.5, 0.6) is 0 Å². The number of alkyl halides is 4. The fraction of sp³-hybridized carbons (Fsp3) is 1.00. The van der Waals surface area contributed by atoms with E-state index in [1.54, 1.807) is 6.92 Å². The summed E-state index contributed by atoms with van der Waals surface area (Å²) in [5, 5.41) is 0. The Morgan fingerprint density at radius 1 is 1.31 bits per heavy atom. The maximum atomic E-state index is 12.9. The standard InChI is InChI=1S/C8H12F4O/c1-2-5-3-4-6(9)7(5)13-8(10,11)12/h5-7H,2-4H2,1H3. The minimum absolute atomic E-state index is 0.180. The summed E-state index contributed by atoms with van der Waals surface area (Å²) in [6, 6.07) is 0. The summed E-state index contributed by atoms with van der Waals surface area (Å²) in [5.41, 5.74) is 0. The van der Waals surface area contributed by atoms with Gasteiger partial charge in [-0.15, -0.1) is 13.2 Å². The van der Waals surface area contributed by atoms with E-state index in [0.717, 1.165) is 0 Å². The predicted molar refractivity (Wildman–Crippen MR) is 38.8 cm³/mol. The Morgan fingerprint density at radius 2 is 1.92 bits per heavy atom. The molecule has 0 heterocycles. The first-order valence-electron chi connectivity index (χ1n) is 4.32. The Bertz CT molecular complexity index is 168. The summed E-state index contributed by atoms with van der Waals surface area (Å²) < 4.78 is 52.1. The zero-order chi connectivity index (χ0) is 10.1. The fourth-order valence-electron chi connectivity index (χ4n) is 1.76. The molecular weight excluding hydrogens is 188 g/mol. The molecule has 0 saturated heterocycles. The van der Waals surface area contributed by atoms with E-state index in [1.165, 1.54) is 0 Å². The molecule has 3 unspecified atom stereocenters. The third kappa shape index (κ3) is 2.83. The van der Waals surface area contributed by atoms with E-state index in [0.29, 0.717) is 12.8 Å². The monoisotopic (exact) mass is 200 g/mol. The Kier molecular flexibility index (Phi) is 3.16. The average molecular weight is 200 g/mol. The Morgan fingerprint density at radius 3 is 2.38 bits per heavy atom. The summed E-state index contributed by atoms with van der Waals surface area (Å²) in [6.07, 6.45) is -6.28. The summed E-state index contributed by atoms with van der Waals surface area (Å²) >= 11 is 0. The van der Waals surface area contributed by atoms with Crippen LogP contribution < -0.4 is 0 Å². The van der Waals surface area contributed by atoms with Crippen molar-refractivity contribution in [1.82, 2.24) is 0 Å². The van der Waals surface area contributed by atoms with Gasteiger partial charge in [-0.05, 0) is 18.8 Å². The average Bonchev–Trinajstić information content (AvgIpc) is 2.30. The lowest BCUT2D eigenvalue weighted by molar-refractivity contribution is -0.351. The van der Waals surface area contributed by atoms with Crippen molar-refractivity contribution in [2.45, 2.75) is 44.8 Å². The zero-order valence-corrected chi connectivity index (χ0v) is 7.27. The lowest BCUT2D eigenvalue weighted by Crippen LogP contribution is -2.32. The molecule has 1 fully saturated rings. The van der Waals surface area contributed by atoms with Gasteiger partial charge in [0.15, 0.2) is 0 Å². The van der Waals surface area contributed by atoms with Gasteiger partial charge < -0.3 is 0 Å². The molecule has 0 radical (unpaired) electrons. The van der Waals surface area contributed by atoms with Gasteiger partial charge in [0.05, 0.1) is 0 Å². The van der Waals surface area contributed by atoms with Gasteiger partial charge in [-0.1, -0.05) is 13.3 Å². The minimum Gasteiger partial charge on any atom is -0.285 e. The molecule has 0 amide bonds. The number of rotatable bonds is 2. The van der Waals surface area contributed by atoms with Crippen molar-refractivity contribution in [3.05, 3.63) is 0 Å². The van der Waals surface area contributed by atoms with Gasteiger partial charge in [-0.2, -0.15) is 0 Å². The van der Waals surface area contributed by atoms with Crippen LogP contribution in [0.25, 0.3) is 0 Å². The van der Waals surface area contributed by atoms with E-state index in [1.807, 2.05) is 0 Å². The third-order valence-corrected chi connectivity index (χ3v) is 2.43. The highest BCUT2D eigenvalue weighted by Gasteiger charge is 2.44. The van der Waals surface area contributed by atoms with Crippen molar-refractivity contribution in [3.8, 4) is 0 Å². The molecule has 0 aromatic carbocycles. The lowest BCUT2D eigenvalue weighted by Gasteiger charge is -2.21. The molecule has 3 atom stereocenters. The van der Waals surface area contributed by atoms with E-state index in [4.69, 9.17) is 0 Å². The molecule has 13 heavy (non-hydrogen) atoms. The van der Waals surface area contributed by atoms with Crippen LogP contribution in [-0.2, 0) is 4.74 Å². The third-order valence-electron chi connectivity index (χ3n) is 2.43. The maximum Gasteiger partial charge on any atom is 0.522 e. The van der Waals surface area contributed by atoms with E-state index in [2.05, 4.69) is 4.74 Å². The normalized spacial score (nSPS) is 35.3. The highest BCUT2D eigenvalue weighted by molar-refractivity contribution is 4.85. The van der Waals surface area contributed by atoms with E-state index in [9.17, 15) is 17.6 Å². The molecule has 0 aromatic heterocycles. The highest BCUT2D eigenvalue weighted by Crippen LogP contribution is 2.36. The molecule has 1 aliphatic carbocycles. The first kappa shape index (κ1) is 10.8. The van der Waals surface area contributed by atoms with Gasteiger partial charge in [0.25, 0.3) is 0 Å².